The second-order valence-corrected chi connectivity index (χ2v) is 7.55. The van der Waals surface area contributed by atoms with Crippen molar-refractivity contribution >= 4 is 22.5 Å². The first-order chi connectivity index (χ1) is 15.5. The highest BCUT2D eigenvalue weighted by molar-refractivity contribution is 7.19. The summed E-state index contributed by atoms with van der Waals surface area (Å²) in [4.78, 5) is 17.6. The summed E-state index contributed by atoms with van der Waals surface area (Å²) in [5, 5.41) is 5.99. The predicted molar refractivity (Wildman–Crippen MR) is 127 cm³/mol. The van der Waals surface area contributed by atoms with E-state index in [1.807, 2.05) is 50.2 Å². The van der Waals surface area contributed by atoms with Crippen LogP contribution < -0.4 is 29.6 Å². The number of nitrogens with zero attached hydrogens (tertiary/aromatic N) is 1. The fourth-order valence-electron chi connectivity index (χ4n) is 3.15. The molecule has 0 fully saturated rings. The van der Waals surface area contributed by atoms with Gasteiger partial charge in [0.2, 0.25) is 5.75 Å². The number of benzene rings is 2. The molecule has 0 spiro atoms. The van der Waals surface area contributed by atoms with E-state index in [4.69, 9.17) is 23.9 Å². The fourth-order valence-corrected chi connectivity index (χ4v) is 4.12. The number of aromatic nitrogens is 1. The zero-order valence-electron chi connectivity index (χ0n) is 18.8. The monoisotopic (exact) mass is 457 g/mol. The number of carbonyl (C=O) groups is 1. The molecule has 0 saturated carbocycles. The Morgan fingerprint density at radius 1 is 0.969 bits per heavy atom. The standard InChI is InChI=1S/C23H27N3O5S/c1-6-24-22(27)26-23-25-19(14-8-10-16(11-9-14)31-7-2)21(32-23)15-12-17(28-3)20(30-5)18(13-15)29-4/h8-13H,6-7H2,1-5H3,(H2,24,25,26,27). The summed E-state index contributed by atoms with van der Waals surface area (Å²) in [6.45, 7) is 4.90. The van der Waals surface area contributed by atoms with E-state index in [0.717, 1.165) is 27.4 Å². The van der Waals surface area contributed by atoms with E-state index in [2.05, 4.69) is 10.6 Å². The van der Waals surface area contributed by atoms with E-state index in [9.17, 15) is 4.79 Å². The molecule has 9 heteroatoms. The minimum Gasteiger partial charge on any atom is -0.494 e. The molecule has 0 unspecified atom stereocenters. The number of amides is 2. The third-order valence-electron chi connectivity index (χ3n) is 4.55. The molecule has 0 saturated heterocycles. The number of nitrogens with one attached hydrogen (secondary N) is 2. The molecular formula is C23H27N3O5S. The lowest BCUT2D eigenvalue weighted by Crippen LogP contribution is -2.28. The molecule has 3 rings (SSSR count). The van der Waals surface area contributed by atoms with Gasteiger partial charge in [0.25, 0.3) is 0 Å². The topological polar surface area (TPSA) is 90.9 Å². The number of thiazole rings is 1. The molecule has 1 heterocycles. The molecule has 8 nitrogen and oxygen atoms in total. The highest BCUT2D eigenvalue weighted by atomic mass is 32.1. The van der Waals surface area contributed by atoms with Crippen molar-refractivity contribution in [2.24, 2.45) is 0 Å². The van der Waals surface area contributed by atoms with Crippen LogP contribution in [-0.2, 0) is 0 Å². The maximum absolute atomic E-state index is 12.1. The van der Waals surface area contributed by atoms with Gasteiger partial charge in [-0.15, -0.1) is 0 Å². The van der Waals surface area contributed by atoms with E-state index in [1.165, 1.54) is 11.3 Å². The summed E-state index contributed by atoms with van der Waals surface area (Å²) >= 11 is 1.36. The van der Waals surface area contributed by atoms with Crippen LogP contribution in [0.1, 0.15) is 13.8 Å². The lowest BCUT2D eigenvalue weighted by Gasteiger charge is -2.14. The van der Waals surface area contributed by atoms with E-state index < -0.39 is 0 Å². The summed E-state index contributed by atoms with van der Waals surface area (Å²) in [6.07, 6.45) is 0. The van der Waals surface area contributed by atoms with Crippen molar-refractivity contribution in [3.05, 3.63) is 36.4 Å². The molecule has 0 aliphatic carbocycles. The number of methoxy groups -OCH3 is 3. The van der Waals surface area contributed by atoms with Crippen LogP contribution in [0.5, 0.6) is 23.0 Å². The molecule has 2 aromatic carbocycles. The summed E-state index contributed by atoms with van der Waals surface area (Å²) in [7, 11) is 4.71. The first kappa shape index (κ1) is 23.2. The van der Waals surface area contributed by atoms with Gasteiger partial charge in [0.15, 0.2) is 16.6 Å². The minimum atomic E-state index is -0.309. The highest BCUT2D eigenvalue weighted by Gasteiger charge is 2.21. The van der Waals surface area contributed by atoms with Gasteiger partial charge in [-0.05, 0) is 50.2 Å². The Labute approximate surface area is 191 Å². The van der Waals surface area contributed by atoms with Crippen LogP contribution in [0.15, 0.2) is 36.4 Å². The van der Waals surface area contributed by atoms with E-state index >= 15 is 0 Å². The maximum Gasteiger partial charge on any atom is 0.321 e. The lowest BCUT2D eigenvalue weighted by molar-refractivity contribution is 0.252. The van der Waals surface area contributed by atoms with Gasteiger partial charge in [0, 0.05) is 17.7 Å². The van der Waals surface area contributed by atoms with Crippen LogP contribution in [0.4, 0.5) is 9.93 Å². The van der Waals surface area contributed by atoms with Crippen molar-refractivity contribution in [1.29, 1.82) is 0 Å². The highest BCUT2D eigenvalue weighted by Crippen LogP contribution is 2.46. The van der Waals surface area contributed by atoms with Crippen molar-refractivity contribution in [2.45, 2.75) is 13.8 Å². The Kier molecular flexibility index (Phi) is 7.77. The second kappa shape index (κ2) is 10.7. The lowest BCUT2D eigenvalue weighted by atomic mass is 10.1. The van der Waals surface area contributed by atoms with E-state index in [0.29, 0.717) is 35.5 Å². The van der Waals surface area contributed by atoms with Gasteiger partial charge in [0.1, 0.15) is 5.75 Å². The molecule has 0 aliphatic heterocycles. The van der Waals surface area contributed by atoms with Gasteiger partial charge in [-0.3, -0.25) is 5.32 Å². The van der Waals surface area contributed by atoms with Gasteiger partial charge < -0.3 is 24.3 Å². The molecule has 1 aromatic heterocycles. The molecule has 3 aromatic rings. The fraction of sp³-hybridized carbons (Fsp3) is 0.304. The zero-order valence-corrected chi connectivity index (χ0v) is 19.6. The molecular weight excluding hydrogens is 430 g/mol. The predicted octanol–water partition coefficient (Wildman–Crippen LogP) is 5.04. The van der Waals surface area contributed by atoms with Crippen LogP contribution in [0.3, 0.4) is 0 Å². The summed E-state index contributed by atoms with van der Waals surface area (Å²) in [5.74, 6) is 2.35. The number of rotatable bonds is 9. The minimum absolute atomic E-state index is 0.309. The molecule has 0 radical (unpaired) electrons. The molecule has 0 aliphatic rings. The first-order valence-corrected chi connectivity index (χ1v) is 10.9. The third kappa shape index (κ3) is 5.05. The molecule has 170 valence electrons. The quantitative estimate of drug-likeness (QED) is 0.468. The van der Waals surface area contributed by atoms with Crippen molar-refractivity contribution in [3.63, 3.8) is 0 Å². The Morgan fingerprint density at radius 3 is 2.16 bits per heavy atom. The Balaban J connectivity index is 2.13. The maximum atomic E-state index is 12.1. The third-order valence-corrected chi connectivity index (χ3v) is 5.57. The number of carbonyl (C=O) groups excluding carboxylic acids is 1. The Morgan fingerprint density at radius 2 is 1.62 bits per heavy atom. The van der Waals surface area contributed by atoms with Crippen molar-refractivity contribution in [1.82, 2.24) is 10.3 Å². The summed E-state index contributed by atoms with van der Waals surface area (Å²) in [6, 6.07) is 11.1. The molecule has 0 bridgehead atoms. The number of hydrogen-bond acceptors (Lipinski definition) is 7. The summed E-state index contributed by atoms with van der Waals surface area (Å²) in [5.41, 5.74) is 2.43. The van der Waals surface area contributed by atoms with Crippen LogP contribution in [-0.4, -0.2) is 45.5 Å². The number of anilines is 1. The van der Waals surface area contributed by atoms with Crippen LogP contribution in [0, 0.1) is 0 Å². The average molecular weight is 458 g/mol. The second-order valence-electron chi connectivity index (χ2n) is 6.55. The van der Waals surface area contributed by atoms with Crippen LogP contribution in [0.25, 0.3) is 21.7 Å². The molecule has 32 heavy (non-hydrogen) atoms. The van der Waals surface area contributed by atoms with Crippen LogP contribution >= 0.6 is 11.3 Å². The largest absolute Gasteiger partial charge is 0.494 e. The molecule has 2 N–H and O–H groups in total. The first-order valence-electron chi connectivity index (χ1n) is 10.1. The Bertz CT molecular complexity index is 1040. The van der Waals surface area contributed by atoms with Gasteiger partial charge >= 0.3 is 6.03 Å². The van der Waals surface area contributed by atoms with Crippen molar-refractivity contribution in [2.75, 3.05) is 39.8 Å². The van der Waals surface area contributed by atoms with Crippen molar-refractivity contribution in [3.8, 4) is 44.7 Å². The summed E-state index contributed by atoms with van der Waals surface area (Å²) < 4.78 is 22.0. The SMILES string of the molecule is CCNC(=O)Nc1nc(-c2ccc(OCC)cc2)c(-c2cc(OC)c(OC)c(OC)c2)s1. The van der Waals surface area contributed by atoms with Gasteiger partial charge in [-0.1, -0.05) is 11.3 Å². The average Bonchev–Trinajstić information content (AvgIpc) is 3.22. The van der Waals surface area contributed by atoms with Gasteiger partial charge in [0.05, 0.1) is 38.5 Å². The number of urea groups is 1. The van der Waals surface area contributed by atoms with Crippen LogP contribution in [0.2, 0.25) is 0 Å². The van der Waals surface area contributed by atoms with Gasteiger partial charge in [-0.2, -0.15) is 0 Å². The normalized spacial score (nSPS) is 10.4. The van der Waals surface area contributed by atoms with Crippen molar-refractivity contribution < 1.29 is 23.7 Å². The number of ether oxygens (including phenoxy) is 4. The van der Waals surface area contributed by atoms with E-state index in [1.54, 1.807) is 21.3 Å². The smallest absolute Gasteiger partial charge is 0.321 e. The van der Waals surface area contributed by atoms with Gasteiger partial charge in [-0.25, -0.2) is 9.78 Å². The molecule has 0 atom stereocenters. The number of hydrogen-bond donors (Lipinski definition) is 2. The Hall–Kier alpha value is -3.46. The van der Waals surface area contributed by atoms with E-state index in [-0.39, 0.29) is 6.03 Å². The zero-order chi connectivity index (χ0) is 23.1. The molecule has 2 amide bonds.